The Hall–Kier alpha value is -0.650. The average Bonchev–Trinajstić information content (AvgIpc) is 2.37. The Morgan fingerprint density at radius 2 is 1.77 bits per heavy atom. The van der Waals surface area contributed by atoms with Crippen LogP contribution in [0.1, 0.15) is 60.3 Å². The van der Waals surface area contributed by atoms with Crippen molar-refractivity contribution in [3.8, 4) is 0 Å². The number of carbonyl (C=O) groups excluding carboxylic acids is 1. The SMILES string of the molecule is COC1(C2CCCC(OC(C)=O)C2)OOC1(C(C)C)C(C)C. The molecule has 128 valence electrons. The van der Waals surface area contributed by atoms with Crippen LogP contribution in [0.3, 0.4) is 0 Å². The van der Waals surface area contributed by atoms with Gasteiger partial charge in [0.15, 0.2) is 5.60 Å². The minimum absolute atomic E-state index is 0.0514. The second-order valence-corrected chi connectivity index (χ2v) is 7.24. The first kappa shape index (κ1) is 17.7. The van der Waals surface area contributed by atoms with Crippen molar-refractivity contribution < 1.29 is 24.0 Å². The summed E-state index contributed by atoms with van der Waals surface area (Å²) in [6, 6.07) is 0. The van der Waals surface area contributed by atoms with E-state index in [1.807, 2.05) is 0 Å². The minimum Gasteiger partial charge on any atom is -0.463 e. The molecule has 1 saturated heterocycles. The molecule has 0 aromatic rings. The number of hydrogen-bond donors (Lipinski definition) is 0. The van der Waals surface area contributed by atoms with Gasteiger partial charge >= 0.3 is 5.97 Å². The van der Waals surface area contributed by atoms with Gasteiger partial charge in [0.25, 0.3) is 0 Å². The van der Waals surface area contributed by atoms with Crippen LogP contribution in [0.15, 0.2) is 0 Å². The molecule has 2 rings (SSSR count). The molecule has 5 nitrogen and oxygen atoms in total. The van der Waals surface area contributed by atoms with Gasteiger partial charge in [-0.2, -0.15) is 4.89 Å². The quantitative estimate of drug-likeness (QED) is 0.574. The molecule has 0 N–H and O–H groups in total. The zero-order valence-corrected chi connectivity index (χ0v) is 14.7. The number of ether oxygens (including phenoxy) is 2. The highest BCUT2D eigenvalue weighted by atomic mass is 17.3. The van der Waals surface area contributed by atoms with Gasteiger partial charge in [-0.1, -0.05) is 27.7 Å². The first-order valence-electron chi connectivity index (χ1n) is 8.39. The van der Waals surface area contributed by atoms with Crippen LogP contribution in [-0.2, 0) is 24.0 Å². The summed E-state index contributed by atoms with van der Waals surface area (Å²) in [5, 5.41) is 0. The lowest BCUT2D eigenvalue weighted by atomic mass is 9.65. The first-order chi connectivity index (χ1) is 10.3. The molecule has 0 bridgehead atoms. The summed E-state index contributed by atoms with van der Waals surface area (Å²) in [6.45, 7) is 10.0. The number of esters is 1. The second kappa shape index (κ2) is 6.46. The summed E-state index contributed by atoms with van der Waals surface area (Å²) in [5.41, 5.74) is -0.468. The highest BCUT2D eigenvalue weighted by molar-refractivity contribution is 5.66. The number of rotatable bonds is 5. The molecule has 5 heteroatoms. The largest absolute Gasteiger partial charge is 0.463 e. The summed E-state index contributed by atoms with van der Waals surface area (Å²) in [7, 11) is 1.69. The Labute approximate surface area is 133 Å². The fourth-order valence-electron chi connectivity index (χ4n) is 4.46. The van der Waals surface area contributed by atoms with Crippen LogP contribution in [0, 0.1) is 17.8 Å². The van der Waals surface area contributed by atoms with Gasteiger partial charge in [0, 0.05) is 20.0 Å². The van der Waals surface area contributed by atoms with Crippen LogP contribution in [0.2, 0.25) is 0 Å². The summed E-state index contributed by atoms with van der Waals surface area (Å²) < 4.78 is 11.3. The maximum atomic E-state index is 11.3. The zero-order valence-electron chi connectivity index (χ0n) is 14.7. The monoisotopic (exact) mass is 314 g/mol. The molecule has 3 atom stereocenters. The Bertz CT molecular complexity index is 394. The molecule has 2 fully saturated rings. The Morgan fingerprint density at radius 1 is 1.14 bits per heavy atom. The van der Waals surface area contributed by atoms with Gasteiger partial charge in [-0.05, 0) is 37.5 Å². The molecule has 22 heavy (non-hydrogen) atoms. The summed E-state index contributed by atoms with van der Waals surface area (Å²) >= 11 is 0. The molecular weight excluding hydrogens is 284 g/mol. The molecular formula is C17H30O5. The molecule has 0 spiro atoms. The van der Waals surface area contributed by atoms with Crippen molar-refractivity contribution in [2.45, 2.75) is 77.8 Å². The lowest BCUT2D eigenvalue weighted by molar-refractivity contribution is -0.636. The van der Waals surface area contributed by atoms with Crippen molar-refractivity contribution in [2.75, 3.05) is 7.11 Å². The third-order valence-electron chi connectivity index (χ3n) is 5.36. The Kier molecular flexibility index (Phi) is 5.20. The minimum atomic E-state index is -0.756. The summed E-state index contributed by atoms with van der Waals surface area (Å²) in [4.78, 5) is 22.6. The van der Waals surface area contributed by atoms with Gasteiger partial charge in [0.05, 0.1) is 0 Å². The third-order valence-corrected chi connectivity index (χ3v) is 5.36. The van der Waals surface area contributed by atoms with E-state index in [1.54, 1.807) is 7.11 Å². The van der Waals surface area contributed by atoms with E-state index < -0.39 is 11.4 Å². The normalized spacial score (nSPS) is 34.5. The predicted octanol–water partition coefficient (Wildman–Crippen LogP) is 3.46. The molecule has 0 radical (unpaired) electrons. The molecule has 1 aliphatic heterocycles. The highest BCUT2D eigenvalue weighted by Gasteiger charge is 2.71. The van der Waals surface area contributed by atoms with Crippen molar-refractivity contribution in [3.05, 3.63) is 0 Å². The molecule has 0 aromatic heterocycles. The summed E-state index contributed by atoms with van der Waals surface area (Å²) in [5.74, 6) is -0.296. The van der Waals surface area contributed by atoms with E-state index in [9.17, 15) is 4.79 Å². The standard InChI is InChI=1S/C17H30O5/c1-11(2)16(12(3)4)17(19-6,22-21-16)14-8-7-9-15(10-14)20-13(5)18/h11-12,14-15H,7-10H2,1-6H3. The molecule has 1 aliphatic carbocycles. The van der Waals surface area contributed by atoms with Gasteiger partial charge in [0.1, 0.15) is 6.10 Å². The van der Waals surface area contributed by atoms with E-state index in [2.05, 4.69) is 27.7 Å². The van der Waals surface area contributed by atoms with E-state index in [-0.39, 0.29) is 29.8 Å². The van der Waals surface area contributed by atoms with Crippen LogP contribution >= 0.6 is 0 Å². The van der Waals surface area contributed by atoms with Crippen molar-refractivity contribution in [2.24, 2.45) is 17.8 Å². The number of hydrogen-bond acceptors (Lipinski definition) is 5. The van der Waals surface area contributed by atoms with Gasteiger partial charge in [-0.15, -0.1) is 0 Å². The van der Waals surface area contributed by atoms with E-state index in [1.165, 1.54) is 6.92 Å². The van der Waals surface area contributed by atoms with Crippen molar-refractivity contribution in [1.29, 1.82) is 0 Å². The lowest BCUT2D eigenvalue weighted by Gasteiger charge is -2.62. The first-order valence-corrected chi connectivity index (χ1v) is 8.39. The van der Waals surface area contributed by atoms with Gasteiger partial charge < -0.3 is 9.47 Å². The van der Waals surface area contributed by atoms with Crippen LogP contribution in [0.25, 0.3) is 0 Å². The fraction of sp³-hybridized carbons (Fsp3) is 0.941. The number of carbonyl (C=O) groups is 1. The Morgan fingerprint density at radius 3 is 2.18 bits per heavy atom. The molecule has 1 heterocycles. The van der Waals surface area contributed by atoms with Crippen LogP contribution in [0.5, 0.6) is 0 Å². The van der Waals surface area contributed by atoms with E-state index in [0.717, 1.165) is 25.7 Å². The second-order valence-electron chi connectivity index (χ2n) is 7.24. The number of methoxy groups -OCH3 is 1. The van der Waals surface area contributed by atoms with Gasteiger partial charge in [-0.25, -0.2) is 4.89 Å². The molecule has 1 saturated carbocycles. The van der Waals surface area contributed by atoms with Crippen LogP contribution < -0.4 is 0 Å². The summed E-state index contributed by atoms with van der Waals surface area (Å²) in [6.07, 6.45) is 3.62. The van der Waals surface area contributed by atoms with Crippen LogP contribution in [-0.4, -0.2) is 30.6 Å². The lowest BCUT2D eigenvalue weighted by Crippen LogP contribution is -2.76. The van der Waals surface area contributed by atoms with Crippen LogP contribution in [0.4, 0.5) is 0 Å². The maximum absolute atomic E-state index is 11.3. The molecule has 0 amide bonds. The molecule has 3 unspecified atom stereocenters. The maximum Gasteiger partial charge on any atom is 0.302 e. The van der Waals surface area contributed by atoms with E-state index >= 15 is 0 Å². The van der Waals surface area contributed by atoms with Crippen molar-refractivity contribution in [3.63, 3.8) is 0 Å². The van der Waals surface area contributed by atoms with Gasteiger partial charge in [0.2, 0.25) is 5.79 Å². The Balaban J connectivity index is 2.24. The van der Waals surface area contributed by atoms with Crippen molar-refractivity contribution in [1.82, 2.24) is 0 Å². The highest BCUT2D eigenvalue weighted by Crippen LogP contribution is 2.57. The van der Waals surface area contributed by atoms with Crippen molar-refractivity contribution >= 4 is 5.97 Å². The fourth-order valence-corrected chi connectivity index (χ4v) is 4.46. The molecule has 2 aliphatic rings. The average molecular weight is 314 g/mol. The van der Waals surface area contributed by atoms with Gasteiger partial charge in [-0.3, -0.25) is 4.79 Å². The third kappa shape index (κ3) is 2.57. The van der Waals surface area contributed by atoms with E-state index in [0.29, 0.717) is 0 Å². The van der Waals surface area contributed by atoms with E-state index in [4.69, 9.17) is 19.2 Å². The smallest absolute Gasteiger partial charge is 0.302 e. The topological polar surface area (TPSA) is 54.0 Å². The zero-order chi connectivity index (χ0) is 16.5. The molecule has 0 aromatic carbocycles. The predicted molar refractivity (Wildman–Crippen MR) is 81.8 cm³/mol.